The molecule has 10 nitrogen and oxygen atoms in total. The molecule has 3 rings (SSSR count). The summed E-state index contributed by atoms with van der Waals surface area (Å²) in [4.78, 5) is 13.1. The molecule has 2 heterocycles. The van der Waals surface area contributed by atoms with E-state index in [4.69, 9.17) is 11.0 Å². The third kappa shape index (κ3) is 4.05. The van der Waals surface area contributed by atoms with Gasteiger partial charge in [0.15, 0.2) is 11.0 Å². The van der Waals surface area contributed by atoms with Crippen LogP contribution in [0.4, 0.5) is 11.8 Å². The van der Waals surface area contributed by atoms with Gasteiger partial charge in [-0.05, 0) is 18.6 Å². The maximum absolute atomic E-state index is 13.1. The molecule has 0 aliphatic heterocycles. The topological polar surface area (TPSA) is 151 Å². The van der Waals surface area contributed by atoms with Gasteiger partial charge in [-0.2, -0.15) is 15.6 Å². The lowest BCUT2D eigenvalue weighted by atomic mass is 10.2. The van der Waals surface area contributed by atoms with Crippen molar-refractivity contribution in [3.05, 3.63) is 42.1 Å². The second kappa shape index (κ2) is 8.91. The predicted octanol–water partition coefficient (Wildman–Crippen LogP) is 2.12. The van der Waals surface area contributed by atoms with Crippen molar-refractivity contribution in [3.63, 3.8) is 0 Å². The molecule has 3 N–H and O–H groups in total. The van der Waals surface area contributed by atoms with E-state index in [9.17, 15) is 10.1 Å². The van der Waals surface area contributed by atoms with Crippen LogP contribution in [0.5, 0.6) is 0 Å². The Bertz CT molecular complexity index is 1090. The summed E-state index contributed by atoms with van der Waals surface area (Å²) in [5, 5.41) is 33.4. The quantitative estimate of drug-likeness (QED) is 0.565. The molecule has 0 aliphatic rings. The van der Waals surface area contributed by atoms with Gasteiger partial charge in [0.1, 0.15) is 17.7 Å². The lowest BCUT2D eigenvalue weighted by Gasteiger charge is -2.19. The fraction of sp³-hybridized carbons (Fsp3) is 0.222. The van der Waals surface area contributed by atoms with Crippen molar-refractivity contribution in [1.29, 1.82) is 10.5 Å². The summed E-state index contributed by atoms with van der Waals surface area (Å²) >= 11 is 1.14. The summed E-state index contributed by atoms with van der Waals surface area (Å²) in [7, 11) is 0. The summed E-state index contributed by atoms with van der Waals surface area (Å²) in [6.45, 7) is 1.82. The smallest absolute Gasteiger partial charge is 0.248 e. The van der Waals surface area contributed by atoms with Crippen molar-refractivity contribution in [2.75, 3.05) is 16.8 Å². The Morgan fingerprint density at radius 2 is 2.07 bits per heavy atom. The number of hydrogen-bond donors (Lipinski definition) is 2. The number of thioether (sulfide) groups is 1. The van der Waals surface area contributed by atoms with Crippen LogP contribution in [0.1, 0.15) is 24.9 Å². The predicted molar refractivity (Wildman–Crippen MR) is 107 cm³/mol. The zero-order valence-corrected chi connectivity index (χ0v) is 16.3. The summed E-state index contributed by atoms with van der Waals surface area (Å²) < 4.78 is 2.98. The van der Waals surface area contributed by atoms with Crippen LogP contribution in [-0.4, -0.2) is 36.2 Å². The van der Waals surface area contributed by atoms with Crippen molar-refractivity contribution in [3.8, 4) is 17.8 Å². The van der Waals surface area contributed by atoms with E-state index in [0.717, 1.165) is 11.8 Å². The Morgan fingerprint density at radius 1 is 1.31 bits per heavy atom. The van der Waals surface area contributed by atoms with Crippen LogP contribution in [0.25, 0.3) is 5.69 Å². The number of anilines is 2. The van der Waals surface area contributed by atoms with E-state index in [0.29, 0.717) is 17.3 Å². The number of nitrogen functional groups attached to an aromatic ring is 1. The molecule has 1 amide bonds. The Labute approximate surface area is 170 Å². The number of aromatic nitrogens is 5. The summed E-state index contributed by atoms with van der Waals surface area (Å²) in [6.07, 6.45) is 1.79. The zero-order chi connectivity index (χ0) is 20.8. The average Bonchev–Trinajstić information content (AvgIpc) is 3.31. The molecule has 0 aliphatic carbocycles. The maximum Gasteiger partial charge on any atom is 0.248 e. The number of carbonyl (C=O) groups is 1. The van der Waals surface area contributed by atoms with Crippen LogP contribution in [-0.2, 0) is 4.79 Å². The van der Waals surface area contributed by atoms with Gasteiger partial charge in [0.2, 0.25) is 11.9 Å². The second-order valence-corrected chi connectivity index (χ2v) is 6.78. The lowest BCUT2D eigenvalue weighted by Crippen LogP contribution is -2.28. The Hall–Kier alpha value is -3.83. The van der Waals surface area contributed by atoms with Crippen LogP contribution in [0.15, 0.2) is 41.7 Å². The van der Waals surface area contributed by atoms with Crippen LogP contribution < -0.4 is 11.1 Å². The van der Waals surface area contributed by atoms with Gasteiger partial charge >= 0.3 is 0 Å². The molecule has 1 aromatic carbocycles. The van der Waals surface area contributed by atoms with Gasteiger partial charge < -0.3 is 11.1 Å². The first-order chi connectivity index (χ1) is 14.1. The van der Waals surface area contributed by atoms with E-state index in [1.807, 2.05) is 49.4 Å². The summed E-state index contributed by atoms with van der Waals surface area (Å²) in [6, 6.07) is 12.5. The van der Waals surface area contributed by atoms with Gasteiger partial charge in [0.05, 0.1) is 23.7 Å². The van der Waals surface area contributed by atoms with Gasteiger partial charge in [-0.1, -0.05) is 36.9 Å². The van der Waals surface area contributed by atoms with Gasteiger partial charge in [-0.25, -0.2) is 4.68 Å². The number of nitrogens with zero attached hydrogens (tertiary/aromatic N) is 7. The zero-order valence-electron chi connectivity index (χ0n) is 15.5. The van der Waals surface area contributed by atoms with Crippen LogP contribution >= 0.6 is 11.8 Å². The summed E-state index contributed by atoms with van der Waals surface area (Å²) in [5.41, 5.74) is 6.85. The monoisotopic (exact) mass is 407 g/mol. The highest BCUT2D eigenvalue weighted by Crippen LogP contribution is 2.27. The Kier molecular flexibility index (Phi) is 6.12. The molecule has 0 bridgehead atoms. The standard InChI is InChI=1S/C18H17N9OS/c1-2-14(26-17(21)24-25-18(26)29-9-8-19)16(28)23-15-12(10-20)11-22-27(15)13-6-4-3-5-7-13/h3-7,11,14H,2,9H2,1H3,(H2,21,24)(H,23,28). The fourth-order valence-electron chi connectivity index (χ4n) is 2.78. The third-order valence-corrected chi connectivity index (χ3v) is 4.90. The number of nitriles is 2. The van der Waals surface area contributed by atoms with Gasteiger partial charge in [-0.15, -0.1) is 10.2 Å². The molecule has 146 valence electrons. The fourth-order valence-corrected chi connectivity index (χ4v) is 3.43. The Balaban J connectivity index is 1.94. The van der Waals surface area contributed by atoms with Crippen LogP contribution in [0.3, 0.4) is 0 Å². The largest absolute Gasteiger partial charge is 0.368 e. The Morgan fingerprint density at radius 3 is 2.72 bits per heavy atom. The number of nitrogens with one attached hydrogen (secondary N) is 1. The van der Waals surface area contributed by atoms with Crippen LogP contribution in [0.2, 0.25) is 0 Å². The SMILES string of the molecule is CCC(C(=O)Nc1c(C#N)cnn1-c1ccccc1)n1c(N)nnc1SCC#N. The first-order valence-corrected chi connectivity index (χ1v) is 9.63. The minimum atomic E-state index is -0.725. The molecule has 0 spiro atoms. The number of benzene rings is 1. The highest BCUT2D eigenvalue weighted by Gasteiger charge is 2.27. The highest BCUT2D eigenvalue weighted by molar-refractivity contribution is 7.99. The molecule has 0 saturated heterocycles. The first kappa shape index (κ1) is 19.9. The maximum atomic E-state index is 13.1. The van der Waals surface area contributed by atoms with Gasteiger partial charge in [-0.3, -0.25) is 9.36 Å². The van der Waals surface area contributed by atoms with Crippen molar-refractivity contribution in [1.82, 2.24) is 24.5 Å². The minimum absolute atomic E-state index is 0.0736. The first-order valence-electron chi connectivity index (χ1n) is 8.65. The minimum Gasteiger partial charge on any atom is -0.368 e. The molecule has 1 unspecified atom stereocenters. The number of para-hydroxylation sites is 1. The number of amides is 1. The number of hydrogen-bond acceptors (Lipinski definition) is 8. The van der Waals surface area contributed by atoms with E-state index in [1.165, 1.54) is 15.4 Å². The van der Waals surface area contributed by atoms with Gasteiger partial charge in [0, 0.05) is 0 Å². The van der Waals surface area contributed by atoms with E-state index < -0.39 is 11.9 Å². The average molecular weight is 407 g/mol. The lowest BCUT2D eigenvalue weighted by molar-refractivity contribution is -0.119. The molecular weight excluding hydrogens is 390 g/mol. The molecule has 29 heavy (non-hydrogen) atoms. The number of carbonyl (C=O) groups excluding carboxylic acids is 1. The summed E-state index contributed by atoms with van der Waals surface area (Å²) in [5.74, 6) is 0.0896. The van der Waals surface area contributed by atoms with Gasteiger partial charge in [0.25, 0.3) is 0 Å². The van der Waals surface area contributed by atoms with E-state index in [1.54, 1.807) is 0 Å². The van der Waals surface area contributed by atoms with E-state index >= 15 is 0 Å². The third-order valence-electron chi connectivity index (χ3n) is 4.09. The van der Waals surface area contributed by atoms with Crippen molar-refractivity contribution < 1.29 is 4.79 Å². The van der Waals surface area contributed by atoms with E-state index in [-0.39, 0.29) is 23.1 Å². The molecule has 3 aromatic rings. The molecule has 0 saturated carbocycles. The van der Waals surface area contributed by atoms with Crippen LogP contribution in [0, 0.1) is 22.7 Å². The van der Waals surface area contributed by atoms with E-state index in [2.05, 4.69) is 20.6 Å². The van der Waals surface area contributed by atoms with Crippen molar-refractivity contribution in [2.24, 2.45) is 0 Å². The van der Waals surface area contributed by atoms with Crippen molar-refractivity contribution >= 4 is 29.4 Å². The van der Waals surface area contributed by atoms with Crippen molar-refractivity contribution in [2.45, 2.75) is 24.5 Å². The molecular formula is C18H17N9OS. The molecule has 2 aromatic heterocycles. The number of rotatable bonds is 7. The second-order valence-electron chi connectivity index (χ2n) is 5.84. The number of nitrogens with two attached hydrogens (primary N) is 1. The molecule has 1 atom stereocenters. The molecule has 11 heteroatoms. The normalized spacial score (nSPS) is 11.4. The molecule has 0 radical (unpaired) electrons. The highest BCUT2D eigenvalue weighted by atomic mass is 32.2. The molecule has 0 fully saturated rings.